The summed E-state index contributed by atoms with van der Waals surface area (Å²) in [6.45, 7) is 9.19. The maximum Gasteiger partial charge on any atom is 0.307 e. The first-order valence-electron chi connectivity index (χ1n) is 20.6. The molecule has 2 aliphatic heterocycles. The van der Waals surface area contributed by atoms with Gasteiger partial charge in [0.2, 0.25) is 27.7 Å². The average molecular weight is 830 g/mol. The standard InChI is InChI=1S/C43H57F2N3O9S/c1-7-27-19-26(3)11-9-10-12-29-23-43(29,40(52)47-58(53,54)32-14-15-32)24-36(49)35-21-31(56-38-33-16-13-30(55-8-2)20-28(33)17-18-46-38)25-48(35)39(51)34(27)22-37(50)57-41(4,5)42(6,44)45/h10,12-13,16-18,20,26-27,29,31-32,34-35H,7-9,11,14-15,19,21-25H2,1-6H3,(H,47,52)/b12-10-/t26-,27+,29+,31+,34-,35-,43+/m0/s1. The predicted molar refractivity (Wildman–Crippen MR) is 213 cm³/mol. The van der Waals surface area contributed by atoms with Crippen LogP contribution in [-0.4, -0.2) is 83.9 Å². The number of esters is 1. The first-order valence-corrected chi connectivity index (χ1v) is 22.2. The summed E-state index contributed by atoms with van der Waals surface area (Å²) in [4.78, 5) is 63.0. The number of carbonyl (C=O) groups is 4. The fourth-order valence-corrected chi connectivity index (χ4v) is 9.86. The van der Waals surface area contributed by atoms with Crippen molar-refractivity contribution in [2.45, 2.75) is 135 Å². The Hall–Kier alpha value is -4.14. The highest BCUT2D eigenvalue weighted by atomic mass is 32.2. The molecule has 2 aromatic rings. The normalized spacial score (nSPS) is 29.1. The van der Waals surface area contributed by atoms with Crippen molar-refractivity contribution in [3.05, 3.63) is 42.6 Å². The molecule has 4 aliphatic rings. The number of fused-ring (bicyclic) bond motifs is 3. The van der Waals surface area contributed by atoms with Crippen molar-refractivity contribution in [3.63, 3.8) is 0 Å². The number of nitrogens with one attached hydrogen (secondary N) is 1. The number of aromatic nitrogens is 1. The lowest BCUT2D eigenvalue weighted by molar-refractivity contribution is -0.197. The van der Waals surface area contributed by atoms with Gasteiger partial charge in [-0.15, -0.1) is 0 Å². The van der Waals surface area contributed by atoms with E-state index in [2.05, 4.69) is 9.71 Å². The van der Waals surface area contributed by atoms with Crippen molar-refractivity contribution in [2.75, 3.05) is 13.2 Å². The number of ketones is 1. The van der Waals surface area contributed by atoms with E-state index in [4.69, 9.17) is 14.2 Å². The molecule has 2 amide bonds. The molecule has 1 aromatic heterocycles. The van der Waals surface area contributed by atoms with Crippen molar-refractivity contribution in [1.29, 1.82) is 0 Å². The number of halogens is 2. The minimum atomic E-state index is -3.91. The lowest BCUT2D eigenvalue weighted by atomic mass is 9.79. The predicted octanol–water partition coefficient (Wildman–Crippen LogP) is 6.94. The Bertz CT molecular complexity index is 2030. The zero-order valence-corrected chi connectivity index (χ0v) is 35.1. The smallest absolute Gasteiger partial charge is 0.307 e. The Kier molecular flexibility index (Phi) is 12.6. The molecule has 1 N–H and O–H groups in total. The number of hydrogen-bond donors (Lipinski definition) is 1. The van der Waals surface area contributed by atoms with Gasteiger partial charge in [0.25, 0.3) is 5.92 Å². The second kappa shape index (κ2) is 16.8. The number of nitrogens with zero attached hydrogens (tertiary/aromatic N) is 2. The first-order chi connectivity index (χ1) is 27.3. The second-order valence-electron chi connectivity index (χ2n) is 17.4. The van der Waals surface area contributed by atoms with Crippen LogP contribution in [0.25, 0.3) is 10.8 Å². The largest absolute Gasteiger partial charge is 0.494 e. The number of amides is 2. The maximum atomic E-state index is 15.0. The zero-order chi connectivity index (χ0) is 42.2. The van der Waals surface area contributed by atoms with Crippen molar-refractivity contribution in [2.24, 2.45) is 29.1 Å². The lowest BCUT2D eigenvalue weighted by Crippen LogP contribution is -2.48. The van der Waals surface area contributed by atoms with Gasteiger partial charge < -0.3 is 19.1 Å². The highest BCUT2D eigenvalue weighted by Gasteiger charge is 2.62. The number of Topliss-reactive ketones (excluding diaryl/α,β-unsaturated/α-hetero) is 1. The van der Waals surface area contributed by atoms with E-state index in [0.717, 1.165) is 25.7 Å². The molecule has 58 heavy (non-hydrogen) atoms. The Morgan fingerprint density at radius 2 is 1.81 bits per heavy atom. The maximum absolute atomic E-state index is 15.0. The Morgan fingerprint density at radius 3 is 2.48 bits per heavy atom. The zero-order valence-electron chi connectivity index (χ0n) is 34.3. The van der Waals surface area contributed by atoms with Crippen molar-refractivity contribution >= 4 is 44.4 Å². The summed E-state index contributed by atoms with van der Waals surface area (Å²) >= 11 is 0. The topological polar surface area (TPSA) is 158 Å². The SMILES string of the molecule is CCOc1ccc2c(O[C@@H]3C[C@H]4C(=O)C[C@]5(C(=O)NS(=O)(=O)C6CC6)C[C@H]5/C=C\CC[C@H](C)C[C@@H](CC)[C@H](CC(=O)OC(C)(C)C(C)(F)F)C(=O)N4C3)nccc2c1. The van der Waals surface area contributed by atoms with Gasteiger partial charge in [0.05, 0.1) is 42.2 Å². The third kappa shape index (κ3) is 9.50. The molecule has 1 aromatic carbocycles. The third-order valence-corrected chi connectivity index (χ3v) is 14.4. The van der Waals surface area contributed by atoms with Gasteiger partial charge in [-0.2, -0.15) is 0 Å². The first kappa shape index (κ1) is 43.4. The number of carbonyl (C=O) groups excluding carboxylic acids is 4. The van der Waals surface area contributed by atoms with Crippen LogP contribution in [0, 0.1) is 29.1 Å². The van der Waals surface area contributed by atoms with E-state index in [0.29, 0.717) is 56.8 Å². The summed E-state index contributed by atoms with van der Waals surface area (Å²) in [5, 5.41) is 0.847. The quantitative estimate of drug-likeness (QED) is 0.176. The van der Waals surface area contributed by atoms with Crippen LogP contribution in [0.1, 0.15) is 106 Å². The summed E-state index contributed by atoms with van der Waals surface area (Å²) in [7, 11) is -3.91. The van der Waals surface area contributed by atoms with E-state index in [1.165, 1.54) is 4.90 Å². The van der Waals surface area contributed by atoms with Crippen LogP contribution in [-0.2, 0) is 33.9 Å². The van der Waals surface area contributed by atoms with E-state index in [1.807, 2.05) is 51.1 Å². The molecule has 0 bridgehead atoms. The molecule has 2 saturated carbocycles. The number of sulfonamides is 1. The molecule has 0 spiro atoms. The summed E-state index contributed by atoms with van der Waals surface area (Å²) in [5.74, 6) is -6.70. The Balaban J connectivity index is 1.36. The molecule has 0 radical (unpaired) electrons. The molecule has 12 nitrogen and oxygen atoms in total. The van der Waals surface area contributed by atoms with Crippen molar-refractivity contribution in [1.82, 2.24) is 14.6 Å². The third-order valence-electron chi connectivity index (χ3n) is 12.6. The molecular weight excluding hydrogens is 773 g/mol. The molecule has 7 atom stereocenters. The Labute approximate surface area is 339 Å². The molecule has 1 saturated heterocycles. The Morgan fingerprint density at radius 1 is 1.07 bits per heavy atom. The van der Waals surface area contributed by atoms with E-state index in [1.54, 1.807) is 12.3 Å². The molecule has 2 aliphatic carbocycles. The van der Waals surface area contributed by atoms with Gasteiger partial charge in [0.15, 0.2) is 11.4 Å². The highest BCUT2D eigenvalue weighted by molar-refractivity contribution is 7.90. The monoisotopic (exact) mass is 829 g/mol. The average Bonchev–Trinajstić information content (AvgIpc) is 4.07. The number of benzene rings is 1. The number of alkyl halides is 2. The van der Waals surface area contributed by atoms with E-state index < -0.39 is 80.3 Å². The van der Waals surface area contributed by atoms with Crippen LogP contribution < -0.4 is 14.2 Å². The molecule has 6 rings (SSSR count). The van der Waals surface area contributed by atoms with Gasteiger partial charge in [-0.05, 0) is 107 Å². The number of ether oxygens (including phenoxy) is 3. The molecule has 0 unspecified atom stereocenters. The molecule has 15 heteroatoms. The second-order valence-corrected chi connectivity index (χ2v) is 19.4. The molecular formula is C43H57F2N3O9S. The van der Waals surface area contributed by atoms with Gasteiger partial charge in [-0.3, -0.25) is 23.9 Å². The summed E-state index contributed by atoms with van der Waals surface area (Å²) in [6.07, 6.45) is 7.56. The van der Waals surface area contributed by atoms with E-state index in [-0.39, 0.29) is 49.4 Å². The van der Waals surface area contributed by atoms with E-state index >= 15 is 4.79 Å². The minimum Gasteiger partial charge on any atom is -0.494 e. The van der Waals surface area contributed by atoms with Crippen LogP contribution in [0.5, 0.6) is 11.6 Å². The molecule has 318 valence electrons. The van der Waals surface area contributed by atoms with Crippen molar-refractivity contribution < 1.29 is 50.6 Å². The number of pyridine rings is 1. The highest BCUT2D eigenvalue weighted by Crippen LogP contribution is 2.57. The fourth-order valence-electron chi connectivity index (χ4n) is 8.48. The van der Waals surface area contributed by atoms with Crippen LogP contribution in [0.3, 0.4) is 0 Å². The van der Waals surface area contributed by atoms with Crippen LogP contribution >= 0.6 is 0 Å². The van der Waals surface area contributed by atoms with Crippen LogP contribution in [0.2, 0.25) is 0 Å². The van der Waals surface area contributed by atoms with Gasteiger partial charge in [-0.1, -0.05) is 32.4 Å². The summed E-state index contributed by atoms with van der Waals surface area (Å²) in [6, 6.07) is 6.20. The summed E-state index contributed by atoms with van der Waals surface area (Å²) < 4.78 is 74.6. The number of hydrogen-bond acceptors (Lipinski definition) is 10. The number of allylic oxidation sites excluding steroid dienone is 2. The fraction of sp³-hybridized carbons (Fsp3) is 0.651. The summed E-state index contributed by atoms with van der Waals surface area (Å²) in [5.41, 5.74) is -3.46. The van der Waals surface area contributed by atoms with Gasteiger partial charge >= 0.3 is 5.97 Å². The van der Waals surface area contributed by atoms with Crippen LogP contribution in [0.4, 0.5) is 8.78 Å². The number of rotatable bonds is 12. The van der Waals surface area contributed by atoms with Crippen molar-refractivity contribution in [3.8, 4) is 11.6 Å². The molecule has 3 fully saturated rings. The van der Waals surface area contributed by atoms with Gasteiger partial charge in [0, 0.05) is 31.3 Å². The lowest BCUT2D eigenvalue weighted by Gasteiger charge is -2.35. The van der Waals surface area contributed by atoms with Gasteiger partial charge in [0.1, 0.15) is 11.9 Å². The molecule has 3 heterocycles. The van der Waals surface area contributed by atoms with Crippen LogP contribution in [0.15, 0.2) is 42.6 Å². The minimum absolute atomic E-state index is 0.0394. The van der Waals surface area contributed by atoms with Gasteiger partial charge in [-0.25, -0.2) is 22.2 Å². The van der Waals surface area contributed by atoms with E-state index in [9.17, 15) is 31.6 Å².